The molecule has 0 heterocycles. The van der Waals surface area contributed by atoms with E-state index < -0.39 is 5.54 Å². The molecule has 0 bridgehead atoms. The van der Waals surface area contributed by atoms with Crippen molar-refractivity contribution in [2.24, 2.45) is 5.73 Å². The Labute approximate surface area is 109 Å². The van der Waals surface area contributed by atoms with Gasteiger partial charge in [0.05, 0.1) is 12.1 Å². The van der Waals surface area contributed by atoms with Crippen LogP contribution in [0.1, 0.15) is 40.0 Å². The first kappa shape index (κ1) is 16.7. The van der Waals surface area contributed by atoms with Gasteiger partial charge in [-0.25, -0.2) is 0 Å². The van der Waals surface area contributed by atoms with E-state index in [0.717, 1.165) is 30.8 Å². The Morgan fingerprint density at radius 1 is 1.41 bits per heavy atom. The van der Waals surface area contributed by atoms with Crippen molar-refractivity contribution in [3.63, 3.8) is 0 Å². The molecular weight excluding hydrogens is 236 g/mol. The van der Waals surface area contributed by atoms with Crippen molar-refractivity contribution in [1.82, 2.24) is 5.32 Å². The molecule has 1 unspecified atom stereocenters. The number of amides is 1. The van der Waals surface area contributed by atoms with E-state index in [0.29, 0.717) is 0 Å². The lowest BCUT2D eigenvalue weighted by Gasteiger charge is -2.29. The first-order chi connectivity index (χ1) is 7.92. The maximum atomic E-state index is 11.4. The minimum atomic E-state index is -0.601. The van der Waals surface area contributed by atoms with E-state index in [9.17, 15) is 4.79 Å². The molecule has 0 fully saturated rings. The Morgan fingerprint density at radius 3 is 2.53 bits per heavy atom. The Kier molecular flexibility index (Phi) is 8.64. The average molecular weight is 262 g/mol. The number of nitrogens with one attached hydrogen (secondary N) is 1. The summed E-state index contributed by atoms with van der Waals surface area (Å²) in [6, 6.07) is 0.247. The molecule has 0 aliphatic carbocycles. The number of thioether (sulfide) groups is 1. The first-order valence-electron chi connectivity index (χ1n) is 6.18. The lowest BCUT2D eigenvalue weighted by molar-refractivity contribution is -0.124. The number of nitrogens with two attached hydrogens (primary N) is 1. The van der Waals surface area contributed by atoms with Crippen LogP contribution >= 0.6 is 11.8 Å². The quantitative estimate of drug-likeness (QED) is 0.516. The smallest absolute Gasteiger partial charge is 0.237 e. The molecule has 0 saturated carbocycles. The van der Waals surface area contributed by atoms with Crippen LogP contribution in [-0.4, -0.2) is 40.7 Å². The largest absolute Gasteiger partial charge is 0.396 e. The highest BCUT2D eigenvalue weighted by Gasteiger charge is 2.30. The Morgan fingerprint density at radius 2 is 2.06 bits per heavy atom. The molecule has 17 heavy (non-hydrogen) atoms. The van der Waals surface area contributed by atoms with Gasteiger partial charge in [-0.15, -0.1) is 0 Å². The molecule has 1 amide bonds. The van der Waals surface area contributed by atoms with Crippen molar-refractivity contribution in [1.29, 1.82) is 0 Å². The second-order valence-electron chi connectivity index (χ2n) is 4.79. The van der Waals surface area contributed by atoms with Crippen molar-refractivity contribution < 1.29 is 9.90 Å². The van der Waals surface area contributed by atoms with Crippen LogP contribution in [0.3, 0.4) is 0 Å². The van der Waals surface area contributed by atoms with Crippen LogP contribution in [0.25, 0.3) is 0 Å². The zero-order chi connectivity index (χ0) is 13.3. The Bertz CT molecular complexity index is 225. The van der Waals surface area contributed by atoms with E-state index in [1.54, 1.807) is 11.8 Å². The number of aliphatic hydroxyl groups excluding tert-OH is 1. The van der Waals surface area contributed by atoms with Gasteiger partial charge in [0.2, 0.25) is 5.91 Å². The normalized spacial score (nSPS) is 14.9. The number of rotatable bonds is 10. The van der Waals surface area contributed by atoms with E-state index in [1.165, 1.54) is 0 Å². The van der Waals surface area contributed by atoms with Crippen LogP contribution < -0.4 is 11.1 Å². The fourth-order valence-electron chi connectivity index (χ4n) is 1.75. The highest BCUT2D eigenvalue weighted by molar-refractivity contribution is 7.99. The zero-order valence-electron chi connectivity index (χ0n) is 11.2. The molecule has 102 valence electrons. The predicted octanol–water partition coefficient (Wildman–Crippen LogP) is 1.12. The number of carbonyl (C=O) groups is 1. The molecule has 0 aromatic heterocycles. The van der Waals surface area contributed by atoms with Crippen molar-refractivity contribution >= 4 is 17.7 Å². The second kappa shape index (κ2) is 8.78. The third-order valence-corrected chi connectivity index (χ3v) is 3.65. The van der Waals surface area contributed by atoms with Crippen LogP contribution in [0.4, 0.5) is 0 Å². The number of aliphatic hydroxyl groups is 1. The number of hydrogen-bond donors (Lipinski definition) is 3. The molecule has 0 rings (SSSR count). The molecule has 4 N–H and O–H groups in total. The van der Waals surface area contributed by atoms with E-state index in [-0.39, 0.29) is 18.6 Å². The summed E-state index contributed by atoms with van der Waals surface area (Å²) in [7, 11) is 0. The summed E-state index contributed by atoms with van der Waals surface area (Å²) in [5.74, 6) is 1.53. The molecule has 0 aromatic carbocycles. The summed E-state index contributed by atoms with van der Waals surface area (Å²) in [6.07, 6.45) is 2.78. The van der Waals surface area contributed by atoms with Crippen molar-refractivity contribution in [3.05, 3.63) is 0 Å². The summed E-state index contributed by atoms with van der Waals surface area (Å²) in [5, 5.41) is 11.9. The van der Waals surface area contributed by atoms with Crippen molar-refractivity contribution in [2.75, 3.05) is 18.1 Å². The van der Waals surface area contributed by atoms with Gasteiger partial charge in [-0.05, 0) is 39.4 Å². The van der Waals surface area contributed by atoms with Gasteiger partial charge in [0.15, 0.2) is 0 Å². The molecule has 0 saturated heterocycles. The maximum absolute atomic E-state index is 11.4. The lowest BCUT2D eigenvalue weighted by Crippen LogP contribution is -2.55. The van der Waals surface area contributed by atoms with Gasteiger partial charge in [-0.3, -0.25) is 4.79 Å². The van der Waals surface area contributed by atoms with Crippen LogP contribution in [0, 0.1) is 0 Å². The molecule has 0 radical (unpaired) electrons. The molecule has 0 aliphatic heterocycles. The monoisotopic (exact) mass is 262 g/mol. The Balaban J connectivity index is 3.89. The number of carbonyl (C=O) groups excluding carboxylic acids is 1. The molecule has 4 nitrogen and oxygen atoms in total. The maximum Gasteiger partial charge on any atom is 0.237 e. The van der Waals surface area contributed by atoms with Crippen LogP contribution in [0.2, 0.25) is 0 Å². The minimum Gasteiger partial charge on any atom is -0.396 e. The predicted molar refractivity (Wildman–Crippen MR) is 74.1 cm³/mol. The van der Waals surface area contributed by atoms with Gasteiger partial charge in [-0.2, -0.15) is 11.8 Å². The fraction of sp³-hybridized carbons (Fsp3) is 0.917. The zero-order valence-corrected chi connectivity index (χ0v) is 12.0. The highest BCUT2D eigenvalue weighted by Crippen LogP contribution is 2.16. The third-order valence-electron chi connectivity index (χ3n) is 2.60. The summed E-state index contributed by atoms with van der Waals surface area (Å²) in [4.78, 5) is 11.4. The molecule has 1 atom stereocenters. The molecule has 0 spiro atoms. The van der Waals surface area contributed by atoms with Crippen LogP contribution in [0.5, 0.6) is 0 Å². The fourth-order valence-corrected chi connectivity index (χ4v) is 2.49. The average Bonchev–Trinajstić information content (AvgIpc) is 2.22. The first-order valence-corrected chi connectivity index (χ1v) is 7.34. The number of primary amides is 1. The summed E-state index contributed by atoms with van der Waals surface area (Å²) >= 11 is 1.74. The van der Waals surface area contributed by atoms with Gasteiger partial charge in [0, 0.05) is 11.8 Å². The van der Waals surface area contributed by atoms with Crippen molar-refractivity contribution in [2.45, 2.75) is 51.6 Å². The highest BCUT2D eigenvalue weighted by atomic mass is 32.2. The second-order valence-corrected chi connectivity index (χ2v) is 6.01. The van der Waals surface area contributed by atoms with Gasteiger partial charge in [0.1, 0.15) is 0 Å². The van der Waals surface area contributed by atoms with Gasteiger partial charge < -0.3 is 16.2 Å². The lowest BCUT2D eigenvalue weighted by atomic mass is 9.93. The van der Waals surface area contributed by atoms with Crippen LogP contribution in [0.15, 0.2) is 0 Å². The third kappa shape index (κ3) is 7.63. The van der Waals surface area contributed by atoms with E-state index >= 15 is 0 Å². The van der Waals surface area contributed by atoms with E-state index in [4.69, 9.17) is 10.8 Å². The number of hydrogen-bond acceptors (Lipinski definition) is 4. The summed E-state index contributed by atoms with van der Waals surface area (Å²) in [5.41, 5.74) is 4.84. The van der Waals surface area contributed by atoms with Gasteiger partial charge in [-0.1, -0.05) is 6.42 Å². The minimum absolute atomic E-state index is 0.235. The van der Waals surface area contributed by atoms with E-state index in [2.05, 4.69) is 5.32 Å². The molecule has 5 heteroatoms. The standard InChI is InChI=1S/C12H26N2O2S/c1-10(2)14-12(3,11(13)16)6-4-5-8-17-9-7-15/h10,14-15H,4-9H2,1-3H3,(H2,13,16). The molecular formula is C12H26N2O2S. The molecule has 0 aliphatic rings. The summed E-state index contributed by atoms with van der Waals surface area (Å²) in [6.45, 7) is 6.13. The van der Waals surface area contributed by atoms with Gasteiger partial charge in [0.25, 0.3) is 0 Å². The van der Waals surface area contributed by atoms with Gasteiger partial charge >= 0.3 is 0 Å². The Hall–Kier alpha value is -0.260. The van der Waals surface area contributed by atoms with E-state index in [1.807, 2.05) is 20.8 Å². The van der Waals surface area contributed by atoms with Crippen molar-refractivity contribution in [3.8, 4) is 0 Å². The molecule has 0 aromatic rings. The summed E-state index contributed by atoms with van der Waals surface area (Å²) < 4.78 is 0. The van der Waals surface area contributed by atoms with Crippen LogP contribution in [-0.2, 0) is 4.79 Å². The SMILES string of the molecule is CC(C)NC(C)(CCCCSCCO)C(N)=O. The topological polar surface area (TPSA) is 75.3 Å². The number of unbranched alkanes of at least 4 members (excludes halogenated alkanes) is 1.